The molecule has 1 N–H and O–H groups in total. The lowest BCUT2D eigenvalue weighted by molar-refractivity contribution is 0.189. The summed E-state index contributed by atoms with van der Waals surface area (Å²) in [5, 5.41) is 6.13. The maximum absolute atomic E-state index is 5.16. The minimum atomic E-state index is 0.406. The maximum Gasteiger partial charge on any atom is 0.0462 e. The summed E-state index contributed by atoms with van der Waals surface area (Å²) in [6.45, 7) is 3.96. The largest absolute Gasteiger partial charge is 0.385 e. The third-order valence-corrected chi connectivity index (χ3v) is 4.01. The van der Waals surface area contributed by atoms with E-state index < -0.39 is 0 Å². The second-order valence-electron chi connectivity index (χ2n) is 5.00. The fourth-order valence-corrected chi connectivity index (χ4v) is 2.90. The molecule has 0 saturated carbocycles. The zero-order valence-electron chi connectivity index (χ0n) is 12.2. The van der Waals surface area contributed by atoms with Crippen molar-refractivity contribution in [2.75, 3.05) is 20.3 Å². The van der Waals surface area contributed by atoms with Gasteiger partial charge >= 0.3 is 0 Å². The molecule has 1 atom stereocenters. The summed E-state index contributed by atoms with van der Waals surface area (Å²) in [7, 11) is 1.76. The van der Waals surface area contributed by atoms with Crippen LogP contribution >= 0.6 is 15.9 Å². The van der Waals surface area contributed by atoms with Crippen LogP contribution in [0, 0.1) is 0 Å². The Morgan fingerprint density at radius 2 is 1.90 bits per heavy atom. The van der Waals surface area contributed by atoms with Gasteiger partial charge in [0.15, 0.2) is 0 Å². The molecule has 2 aromatic carbocycles. The summed E-state index contributed by atoms with van der Waals surface area (Å²) in [5.41, 5.74) is 1.36. The zero-order valence-corrected chi connectivity index (χ0v) is 13.7. The fourth-order valence-electron chi connectivity index (χ4n) is 2.52. The Balaban J connectivity index is 2.21. The highest BCUT2D eigenvalue weighted by Gasteiger charge is 2.10. The van der Waals surface area contributed by atoms with E-state index in [1.165, 1.54) is 16.3 Å². The van der Waals surface area contributed by atoms with Gasteiger partial charge < -0.3 is 10.1 Å². The van der Waals surface area contributed by atoms with Gasteiger partial charge in [0.1, 0.15) is 0 Å². The molecule has 0 saturated heterocycles. The van der Waals surface area contributed by atoms with E-state index in [1.54, 1.807) is 7.11 Å². The van der Waals surface area contributed by atoms with E-state index in [0.29, 0.717) is 6.04 Å². The van der Waals surface area contributed by atoms with Gasteiger partial charge in [-0.2, -0.15) is 0 Å². The average Bonchev–Trinajstić information content (AvgIpc) is 2.46. The van der Waals surface area contributed by atoms with Gasteiger partial charge in [0, 0.05) is 24.2 Å². The van der Waals surface area contributed by atoms with Gasteiger partial charge in [0.25, 0.3) is 0 Å². The number of methoxy groups -OCH3 is 1. The molecule has 0 fully saturated rings. The van der Waals surface area contributed by atoms with Crippen LogP contribution in [0.15, 0.2) is 40.9 Å². The first-order chi connectivity index (χ1) is 9.74. The molecule has 2 rings (SSSR count). The summed E-state index contributed by atoms with van der Waals surface area (Å²) in [4.78, 5) is 0. The minimum absolute atomic E-state index is 0.406. The van der Waals surface area contributed by atoms with Crippen LogP contribution in [-0.2, 0) is 4.74 Å². The molecule has 0 bridgehead atoms. The summed E-state index contributed by atoms with van der Waals surface area (Å²) < 4.78 is 6.28. The van der Waals surface area contributed by atoms with Crippen LogP contribution in [0.5, 0.6) is 0 Å². The summed E-state index contributed by atoms with van der Waals surface area (Å²) >= 11 is 3.52. The third kappa shape index (κ3) is 4.05. The van der Waals surface area contributed by atoms with Gasteiger partial charge in [0.05, 0.1) is 0 Å². The topological polar surface area (TPSA) is 21.3 Å². The van der Waals surface area contributed by atoms with E-state index in [4.69, 9.17) is 4.74 Å². The number of rotatable bonds is 7. The molecule has 0 radical (unpaired) electrons. The van der Waals surface area contributed by atoms with Gasteiger partial charge in [-0.05, 0) is 53.9 Å². The van der Waals surface area contributed by atoms with Crippen molar-refractivity contribution in [3.8, 4) is 0 Å². The smallest absolute Gasteiger partial charge is 0.0462 e. The maximum atomic E-state index is 5.16. The molecule has 3 heteroatoms. The standard InChI is InChI=1S/C17H22BrNO/c1-3-19-17(5-4-10-20-2)15-7-6-14-12-16(18)9-8-13(14)11-15/h6-9,11-12,17,19H,3-5,10H2,1-2H3. The SMILES string of the molecule is CCNC(CCCOC)c1ccc2cc(Br)ccc2c1. The van der Waals surface area contributed by atoms with Gasteiger partial charge in [-0.1, -0.05) is 41.1 Å². The number of fused-ring (bicyclic) bond motifs is 1. The van der Waals surface area contributed by atoms with Crippen molar-refractivity contribution in [3.05, 3.63) is 46.4 Å². The van der Waals surface area contributed by atoms with Crippen molar-refractivity contribution < 1.29 is 4.74 Å². The van der Waals surface area contributed by atoms with Crippen LogP contribution in [0.3, 0.4) is 0 Å². The Bertz CT molecular complexity index is 556. The van der Waals surface area contributed by atoms with Crippen molar-refractivity contribution in [1.82, 2.24) is 5.32 Å². The predicted octanol–water partition coefficient (Wildman–Crippen LogP) is 4.68. The van der Waals surface area contributed by atoms with E-state index in [-0.39, 0.29) is 0 Å². The molecule has 0 spiro atoms. The molecular weight excluding hydrogens is 314 g/mol. The van der Waals surface area contributed by atoms with Crippen LogP contribution in [0.4, 0.5) is 0 Å². The average molecular weight is 336 g/mol. The number of benzene rings is 2. The first-order valence-electron chi connectivity index (χ1n) is 7.16. The summed E-state index contributed by atoms with van der Waals surface area (Å²) in [6, 6.07) is 13.6. The van der Waals surface area contributed by atoms with Crippen molar-refractivity contribution in [1.29, 1.82) is 0 Å². The molecule has 108 valence electrons. The Kier molecular flexibility index (Phi) is 6.02. The molecule has 2 aromatic rings. The molecule has 0 aliphatic heterocycles. The molecule has 0 heterocycles. The van der Waals surface area contributed by atoms with Crippen molar-refractivity contribution in [2.45, 2.75) is 25.8 Å². The second kappa shape index (κ2) is 7.77. The van der Waals surface area contributed by atoms with Crippen LogP contribution in [-0.4, -0.2) is 20.3 Å². The second-order valence-corrected chi connectivity index (χ2v) is 5.91. The van der Waals surface area contributed by atoms with Crippen LogP contribution in [0.1, 0.15) is 31.4 Å². The van der Waals surface area contributed by atoms with Crippen molar-refractivity contribution >= 4 is 26.7 Å². The Morgan fingerprint density at radius 3 is 2.65 bits per heavy atom. The minimum Gasteiger partial charge on any atom is -0.385 e. The Hall–Kier alpha value is -0.900. The van der Waals surface area contributed by atoms with Crippen LogP contribution < -0.4 is 5.32 Å². The van der Waals surface area contributed by atoms with E-state index in [2.05, 4.69) is 64.6 Å². The molecule has 0 amide bonds. The van der Waals surface area contributed by atoms with Crippen molar-refractivity contribution in [2.24, 2.45) is 0 Å². The number of ether oxygens (including phenoxy) is 1. The molecule has 0 aliphatic carbocycles. The first kappa shape index (κ1) is 15.5. The zero-order chi connectivity index (χ0) is 14.4. The third-order valence-electron chi connectivity index (χ3n) is 3.52. The predicted molar refractivity (Wildman–Crippen MR) is 89.2 cm³/mol. The molecule has 20 heavy (non-hydrogen) atoms. The van der Waals surface area contributed by atoms with E-state index in [1.807, 2.05) is 0 Å². The number of hydrogen-bond acceptors (Lipinski definition) is 2. The van der Waals surface area contributed by atoms with E-state index in [0.717, 1.165) is 30.5 Å². The number of halogens is 1. The quantitative estimate of drug-likeness (QED) is 0.741. The van der Waals surface area contributed by atoms with Gasteiger partial charge in [-0.15, -0.1) is 0 Å². The lowest BCUT2D eigenvalue weighted by Crippen LogP contribution is -2.21. The van der Waals surface area contributed by atoms with E-state index in [9.17, 15) is 0 Å². The number of nitrogens with one attached hydrogen (secondary N) is 1. The highest BCUT2D eigenvalue weighted by Crippen LogP contribution is 2.25. The molecule has 1 unspecified atom stereocenters. The normalized spacial score (nSPS) is 12.8. The lowest BCUT2D eigenvalue weighted by Gasteiger charge is -2.19. The molecular formula is C17H22BrNO. The summed E-state index contributed by atoms with van der Waals surface area (Å²) in [6.07, 6.45) is 2.18. The van der Waals surface area contributed by atoms with Gasteiger partial charge in [-0.25, -0.2) is 0 Å². The molecule has 2 nitrogen and oxygen atoms in total. The molecule has 0 aliphatic rings. The fraction of sp³-hybridized carbons (Fsp3) is 0.412. The lowest BCUT2D eigenvalue weighted by atomic mass is 9.98. The van der Waals surface area contributed by atoms with Crippen molar-refractivity contribution in [3.63, 3.8) is 0 Å². The monoisotopic (exact) mass is 335 g/mol. The summed E-state index contributed by atoms with van der Waals surface area (Å²) in [5.74, 6) is 0. The van der Waals surface area contributed by atoms with Gasteiger partial charge in [-0.3, -0.25) is 0 Å². The molecule has 0 aromatic heterocycles. The van der Waals surface area contributed by atoms with Crippen LogP contribution in [0.25, 0.3) is 10.8 Å². The highest BCUT2D eigenvalue weighted by molar-refractivity contribution is 9.10. The Morgan fingerprint density at radius 1 is 1.15 bits per heavy atom. The van der Waals surface area contributed by atoms with Crippen LogP contribution in [0.2, 0.25) is 0 Å². The van der Waals surface area contributed by atoms with Gasteiger partial charge in [0.2, 0.25) is 0 Å². The highest BCUT2D eigenvalue weighted by atomic mass is 79.9. The number of hydrogen-bond donors (Lipinski definition) is 1. The van der Waals surface area contributed by atoms with E-state index >= 15 is 0 Å². The first-order valence-corrected chi connectivity index (χ1v) is 7.95. The Labute approximate surface area is 129 Å².